The molecule has 0 bridgehead atoms. The number of nitrogens with zero attached hydrogens (tertiary/aromatic N) is 1. The summed E-state index contributed by atoms with van der Waals surface area (Å²) in [5.41, 5.74) is 5.10. The lowest BCUT2D eigenvalue weighted by Gasteiger charge is -2.23. The third-order valence-corrected chi connectivity index (χ3v) is 4.88. The standard InChI is InChI=1S/C15H17N/c1-10-12-5-3-4-6-13(12)16-8-7-11-9-15(11,2)14(10)16/h3-6,11H,7-9H2,1-2H3. The van der Waals surface area contributed by atoms with Crippen LogP contribution in [-0.2, 0) is 12.0 Å². The van der Waals surface area contributed by atoms with Gasteiger partial charge in [-0.15, -0.1) is 0 Å². The highest BCUT2D eigenvalue weighted by atomic mass is 15.0. The minimum atomic E-state index is 0.501. The van der Waals surface area contributed by atoms with Crippen molar-refractivity contribution >= 4 is 10.9 Å². The summed E-state index contributed by atoms with van der Waals surface area (Å²) >= 11 is 0. The second-order valence-electron chi connectivity index (χ2n) is 5.75. The Morgan fingerprint density at radius 1 is 1.31 bits per heavy atom. The smallest absolute Gasteiger partial charge is 0.0485 e. The van der Waals surface area contributed by atoms with Crippen LogP contribution in [0.5, 0.6) is 0 Å². The van der Waals surface area contributed by atoms with E-state index in [1.807, 2.05) is 0 Å². The maximum atomic E-state index is 2.58. The Kier molecular flexibility index (Phi) is 1.40. The van der Waals surface area contributed by atoms with Gasteiger partial charge in [-0.3, -0.25) is 0 Å². The Morgan fingerprint density at radius 2 is 2.12 bits per heavy atom. The van der Waals surface area contributed by atoms with E-state index in [2.05, 4.69) is 42.7 Å². The predicted molar refractivity (Wildman–Crippen MR) is 66.8 cm³/mol. The first-order valence-electron chi connectivity index (χ1n) is 6.30. The molecule has 0 saturated heterocycles. The Hall–Kier alpha value is -1.24. The molecule has 1 aliphatic carbocycles. The molecule has 1 aromatic carbocycles. The van der Waals surface area contributed by atoms with Crippen LogP contribution in [0.2, 0.25) is 0 Å². The first-order chi connectivity index (χ1) is 7.72. The molecule has 2 heterocycles. The highest BCUT2D eigenvalue weighted by Gasteiger charge is 2.55. The van der Waals surface area contributed by atoms with E-state index in [0.717, 1.165) is 5.92 Å². The van der Waals surface area contributed by atoms with Gasteiger partial charge in [-0.05, 0) is 37.3 Å². The molecule has 0 amide bonds. The second-order valence-corrected chi connectivity index (χ2v) is 5.75. The van der Waals surface area contributed by atoms with Crippen molar-refractivity contribution in [2.45, 2.75) is 38.6 Å². The van der Waals surface area contributed by atoms with Crippen LogP contribution in [0.15, 0.2) is 24.3 Å². The average molecular weight is 211 g/mol. The van der Waals surface area contributed by atoms with Crippen LogP contribution in [0, 0.1) is 12.8 Å². The van der Waals surface area contributed by atoms with E-state index in [9.17, 15) is 0 Å². The Bertz CT molecular complexity index is 593. The molecule has 4 rings (SSSR count). The topological polar surface area (TPSA) is 4.93 Å². The monoisotopic (exact) mass is 211 g/mol. The molecular formula is C15H17N. The van der Waals surface area contributed by atoms with Crippen molar-refractivity contribution in [3.8, 4) is 0 Å². The fraction of sp³-hybridized carbons (Fsp3) is 0.467. The van der Waals surface area contributed by atoms with Crippen molar-refractivity contribution < 1.29 is 0 Å². The fourth-order valence-corrected chi connectivity index (χ4v) is 3.89. The zero-order chi connectivity index (χ0) is 10.9. The molecule has 1 heteroatoms. The molecule has 2 aromatic rings. The Balaban J connectivity index is 2.14. The maximum absolute atomic E-state index is 2.58. The Labute approximate surface area is 96.1 Å². The van der Waals surface area contributed by atoms with Gasteiger partial charge in [-0.2, -0.15) is 0 Å². The zero-order valence-corrected chi connectivity index (χ0v) is 9.96. The molecular weight excluding hydrogens is 194 g/mol. The van der Waals surface area contributed by atoms with Gasteiger partial charge in [-0.1, -0.05) is 25.1 Å². The first-order valence-corrected chi connectivity index (χ1v) is 6.30. The van der Waals surface area contributed by atoms with Crippen LogP contribution in [0.1, 0.15) is 31.0 Å². The highest BCUT2D eigenvalue weighted by Crippen LogP contribution is 2.60. The minimum absolute atomic E-state index is 0.501. The molecule has 1 fully saturated rings. The number of hydrogen-bond donors (Lipinski definition) is 0. The summed E-state index contributed by atoms with van der Waals surface area (Å²) in [7, 11) is 0. The maximum Gasteiger partial charge on any atom is 0.0485 e. The average Bonchev–Trinajstić information content (AvgIpc) is 2.89. The zero-order valence-electron chi connectivity index (χ0n) is 9.96. The number of aryl methyl sites for hydroxylation is 2. The molecule has 1 aliphatic heterocycles. The van der Waals surface area contributed by atoms with Gasteiger partial charge in [0.1, 0.15) is 0 Å². The molecule has 0 spiro atoms. The van der Waals surface area contributed by atoms with Crippen molar-refractivity contribution in [3.05, 3.63) is 35.5 Å². The molecule has 1 nitrogen and oxygen atoms in total. The van der Waals surface area contributed by atoms with Crippen LogP contribution in [-0.4, -0.2) is 4.57 Å². The van der Waals surface area contributed by atoms with Crippen molar-refractivity contribution in [1.29, 1.82) is 0 Å². The molecule has 16 heavy (non-hydrogen) atoms. The lowest BCUT2D eigenvalue weighted by atomic mass is 9.94. The minimum Gasteiger partial charge on any atom is -0.344 e. The predicted octanol–water partition coefficient (Wildman–Crippen LogP) is 3.63. The normalized spacial score (nSPS) is 31.2. The summed E-state index contributed by atoms with van der Waals surface area (Å²) < 4.78 is 2.58. The quantitative estimate of drug-likeness (QED) is 0.627. The fourth-order valence-electron chi connectivity index (χ4n) is 3.89. The van der Waals surface area contributed by atoms with E-state index in [1.54, 1.807) is 5.69 Å². The Morgan fingerprint density at radius 3 is 3.00 bits per heavy atom. The van der Waals surface area contributed by atoms with Crippen molar-refractivity contribution in [3.63, 3.8) is 0 Å². The molecule has 2 atom stereocenters. The summed E-state index contributed by atoms with van der Waals surface area (Å²) in [6.07, 6.45) is 2.78. The van der Waals surface area contributed by atoms with Gasteiger partial charge in [-0.25, -0.2) is 0 Å². The summed E-state index contributed by atoms with van der Waals surface area (Å²) in [6.45, 7) is 5.98. The van der Waals surface area contributed by atoms with Gasteiger partial charge >= 0.3 is 0 Å². The number of fused-ring (bicyclic) bond motifs is 5. The van der Waals surface area contributed by atoms with E-state index in [0.29, 0.717) is 5.41 Å². The third kappa shape index (κ3) is 0.843. The molecule has 1 aromatic heterocycles. The van der Waals surface area contributed by atoms with Gasteiger partial charge in [0, 0.05) is 28.6 Å². The van der Waals surface area contributed by atoms with Gasteiger partial charge in [0.15, 0.2) is 0 Å². The number of rotatable bonds is 0. The van der Waals surface area contributed by atoms with Crippen LogP contribution < -0.4 is 0 Å². The molecule has 0 N–H and O–H groups in total. The van der Waals surface area contributed by atoms with E-state index < -0.39 is 0 Å². The SMILES string of the molecule is Cc1c2n(c3ccccc13)CCC1CC21C. The summed E-state index contributed by atoms with van der Waals surface area (Å²) in [4.78, 5) is 0. The van der Waals surface area contributed by atoms with Crippen molar-refractivity contribution in [2.24, 2.45) is 5.92 Å². The third-order valence-electron chi connectivity index (χ3n) is 4.88. The number of hydrogen-bond acceptors (Lipinski definition) is 0. The van der Waals surface area contributed by atoms with Crippen LogP contribution in [0.25, 0.3) is 10.9 Å². The van der Waals surface area contributed by atoms with Gasteiger partial charge in [0.25, 0.3) is 0 Å². The lowest BCUT2D eigenvalue weighted by Crippen LogP contribution is -2.19. The highest BCUT2D eigenvalue weighted by molar-refractivity contribution is 5.86. The summed E-state index contributed by atoms with van der Waals surface area (Å²) in [5, 5.41) is 1.46. The van der Waals surface area contributed by atoms with Gasteiger partial charge in [0.05, 0.1) is 0 Å². The summed E-state index contributed by atoms with van der Waals surface area (Å²) in [6, 6.07) is 8.87. The van der Waals surface area contributed by atoms with E-state index in [-0.39, 0.29) is 0 Å². The first kappa shape index (κ1) is 8.86. The summed E-state index contributed by atoms with van der Waals surface area (Å²) in [5.74, 6) is 0.961. The largest absolute Gasteiger partial charge is 0.344 e. The number of aromatic nitrogens is 1. The molecule has 1 saturated carbocycles. The van der Waals surface area contributed by atoms with E-state index in [4.69, 9.17) is 0 Å². The van der Waals surface area contributed by atoms with E-state index in [1.165, 1.54) is 35.9 Å². The van der Waals surface area contributed by atoms with Gasteiger partial charge < -0.3 is 4.57 Å². The van der Waals surface area contributed by atoms with Crippen LogP contribution in [0.4, 0.5) is 0 Å². The molecule has 2 aliphatic rings. The van der Waals surface area contributed by atoms with Crippen molar-refractivity contribution in [2.75, 3.05) is 0 Å². The van der Waals surface area contributed by atoms with Crippen LogP contribution >= 0.6 is 0 Å². The lowest BCUT2D eigenvalue weighted by molar-refractivity contribution is 0.468. The molecule has 2 unspecified atom stereocenters. The van der Waals surface area contributed by atoms with Gasteiger partial charge in [0.2, 0.25) is 0 Å². The molecule has 82 valence electrons. The number of para-hydroxylation sites is 1. The second kappa shape index (κ2) is 2.53. The van der Waals surface area contributed by atoms with Crippen molar-refractivity contribution in [1.82, 2.24) is 4.57 Å². The molecule has 0 radical (unpaired) electrons. The van der Waals surface area contributed by atoms with E-state index >= 15 is 0 Å². The van der Waals surface area contributed by atoms with Crippen LogP contribution in [0.3, 0.4) is 0 Å². The number of benzene rings is 1.